The second kappa shape index (κ2) is 9.72. The van der Waals surface area contributed by atoms with E-state index in [-0.39, 0.29) is 17.7 Å². The molecule has 188 valence electrons. The number of aromatic nitrogens is 2. The molecule has 0 spiro atoms. The van der Waals surface area contributed by atoms with Crippen molar-refractivity contribution >= 4 is 40.0 Å². The number of carbonyl (C=O) groups excluding carboxylic acids is 1. The van der Waals surface area contributed by atoms with Crippen LogP contribution in [-0.2, 0) is 9.53 Å². The lowest BCUT2D eigenvalue weighted by Gasteiger charge is -2.25. The molecule has 1 aliphatic rings. The average molecular weight is 524 g/mol. The van der Waals surface area contributed by atoms with Gasteiger partial charge in [-0.25, -0.2) is 14.2 Å². The topological polar surface area (TPSA) is 76.4 Å². The number of para-hydroxylation sites is 1. The minimum atomic E-state index is -0.841. The number of carbonyl (C=O) groups is 1. The number of nitrogens with zero attached hydrogens (tertiary/aromatic N) is 2. The van der Waals surface area contributed by atoms with E-state index >= 15 is 0 Å². The summed E-state index contributed by atoms with van der Waals surface area (Å²) in [6.45, 7) is 1.88. The fraction of sp³-hybridized carbons (Fsp3) is 0.100. The van der Waals surface area contributed by atoms with Gasteiger partial charge in [0.15, 0.2) is 4.80 Å². The smallest absolute Gasteiger partial charge is 0.338 e. The molecule has 8 heteroatoms. The average Bonchev–Trinajstić information content (AvgIpc) is 3.49. The van der Waals surface area contributed by atoms with Crippen molar-refractivity contribution in [3.63, 3.8) is 0 Å². The maximum atomic E-state index is 13.9. The lowest BCUT2D eigenvalue weighted by atomic mass is 9.93. The number of halogens is 1. The van der Waals surface area contributed by atoms with Crippen molar-refractivity contribution < 1.29 is 13.9 Å². The van der Waals surface area contributed by atoms with Crippen molar-refractivity contribution in [1.29, 1.82) is 0 Å². The van der Waals surface area contributed by atoms with E-state index in [1.165, 1.54) is 28.0 Å². The van der Waals surface area contributed by atoms with Gasteiger partial charge >= 0.3 is 5.97 Å². The molecule has 0 bridgehead atoms. The summed E-state index contributed by atoms with van der Waals surface area (Å²) in [5, 5.41) is 0.991. The molecular weight excluding hydrogens is 501 g/mol. The third-order valence-electron chi connectivity index (χ3n) is 6.47. The second-order valence-electron chi connectivity index (χ2n) is 8.77. The number of esters is 1. The summed E-state index contributed by atoms with van der Waals surface area (Å²) in [6, 6.07) is 22.2. The van der Waals surface area contributed by atoms with E-state index in [9.17, 15) is 14.0 Å². The molecule has 3 aromatic carbocycles. The van der Waals surface area contributed by atoms with Crippen LogP contribution < -0.4 is 14.9 Å². The van der Waals surface area contributed by atoms with Crippen molar-refractivity contribution in [2.45, 2.75) is 13.0 Å². The number of aromatic amines is 1. The van der Waals surface area contributed by atoms with Crippen molar-refractivity contribution in [2.24, 2.45) is 4.99 Å². The standard InChI is InChI=1S/C30H22FN3O3S/c1-2-37-29(36)25-26(18-8-4-3-5-9-18)33-30-34(27(25)19-12-14-21(31)15-13-19)28(35)24(38-30)16-20-17-32-23-11-7-6-10-22(20)23/h3-17,27,32H,2H2,1H3/b24-16-/t27-/m1/s1. The Bertz CT molecular complexity index is 1880. The van der Waals surface area contributed by atoms with Gasteiger partial charge in [0, 0.05) is 28.2 Å². The van der Waals surface area contributed by atoms with Gasteiger partial charge in [0.1, 0.15) is 5.82 Å². The molecule has 0 aliphatic carbocycles. The fourth-order valence-corrected chi connectivity index (χ4v) is 5.75. The summed E-state index contributed by atoms with van der Waals surface area (Å²) in [6.07, 6.45) is 3.69. The van der Waals surface area contributed by atoms with Gasteiger partial charge in [-0.15, -0.1) is 0 Å². The number of H-pyrrole nitrogens is 1. The molecule has 0 amide bonds. The van der Waals surface area contributed by atoms with Crippen molar-refractivity contribution in [2.75, 3.05) is 6.61 Å². The van der Waals surface area contributed by atoms with E-state index in [0.29, 0.717) is 20.6 Å². The molecule has 0 unspecified atom stereocenters. The summed E-state index contributed by atoms with van der Waals surface area (Å²) in [7, 11) is 0. The molecule has 5 aromatic rings. The zero-order valence-corrected chi connectivity index (χ0v) is 21.2. The van der Waals surface area contributed by atoms with Gasteiger partial charge in [-0.3, -0.25) is 9.36 Å². The van der Waals surface area contributed by atoms with Crippen molar-refractivity contribution in [1.82, 2.24) is 9.55 Å². The van der Waals surface area contributed by atoms with Gasteiger partial charge in [0.2, 0.25) is 0 Å². The number of hydrogen-bond acceptors (Lipinski definition) is 5. The summed E-state index contributed by atoms with van der Waals surface area (Å²) in [5.74, 6) is -0.985. The van der Waals surface area contributed by atoms with Crippen LogP contribution in [0.15, 0.2) is 100 Å². The molecule has 0 saturated heterocycles. The zero-order valence-electron chi connectivity index (χ0n) is 20.4. The van der Waals surface area contributed by atoms with Crippen LogP contribution in [0.2, 0.25) is 0 Å². The van der Waals surface area contributed by atoms with Crippen LogP contribution >= 0.6 is 11.3 Å². The monoisotopic (exact) mass is 523 g/mol. The Hall–Kier alpha value is -4.56. The molecule has 3 heterocycles. The van der Waals surface area contributed by atoms with Gasteiger partial charge in [-0.1, -0.05) is 72.0 Å². The van der Waals surface area contributed by atoms with Crippen molar-refractivity contribution in [3.8, 4) is 0 Å². The van der Waals surface area contributed by atoms with Gasteiger partial charge in [0.25, 0.3) is 5.56 Å². The minimum absolute atomic E-state index is 0.158. The Balaban J connectivity index is 1.65. The minimum Gasteiger partial charge on any atom is -0.463 e. The first kappa shape index (κ1) is 23.8. The molecule has 0 fully saturated rings. The van der Waals surface area contributed by atoms with Crippen LogP contribution in [0.3, 0.4) is 0 Å². The third-order valence-corrected chi connectivity index (χ3v) is 7.45. The van der Waals surface area contributed by atoms with Crippen LogP contribution in [0.1, 0.15) is 29.7 Å². The van der Waals surface area contributed by atoms with Crippen LogP contribution in [0.25, 0.3) is 22.7 Å². The van der Waals surface area contributed by atoms with Gasteiger partial charge < -0.3 is 9.72 Å². The summed E-state index contributed by atoms with van der Waals surface area (Å²) in [4.78, 5) is 35.8. The maximum Gasteiger partial charge on any atom is 0.338 e. The number of hydrogen-bond donors (Lipinski definition) is 1. The molecule has 0 radical (unpaired) electrons. The Kier molecular flexibility index (Phi) is 6.09. The van der Waals surface area contributed by atoms with Gasteiger partial charge in [-0.2, -0.15) is 0 Å². The molecule has 0 saturated carbocycles. The quantitative estimate of drug-likeness (QED) is 0.343. The number of benzene rings is 3. The molecule has 6 rings (SSSR count). The Morgan fingerprint density at radius 1 is 1.08 bits per heavy atom. The van der Waals surface area contributed by atoms with Crippen LogP contribution in [0.5, 0.6) is 0 Å². The summed E-state index contributed by atoms with van der Waals surface area (Å²) < 4.78 is 21.3. The van der Waals surface area contributed by atoms with E-state index in [1.54, 1.807) is 19.1 Å². The molecule has 1 aliphatic heterocycles. The van der Waals surface area contributed by atoms with E-state index in [0.717, 1.165) is 22.0 Å². The first-order valence-corrected chi connectivity index (χ1v) is 13.0. The van der Waals surface area contributed by atoms with E-state index < -0.39 is 17.8 Å². The number of ether oxygens (including phenoxy) is 1. The van der Waals surface area contributed by atoms with Gasteiger partial charge in [-0.05, 0) is 36.8 Å². The highest BCUT2D eigenvalue weighted by molar-refractivity contribution is 7.07. The Morgan fingerprint density at radius 3 is 2.58 bits per heavy atom. The maximum absolute atomic E-state index is 13.9. The zero-order chi connectivity index (χ0) is 26.2. The predicted octanol–water partition coefficient (Wildman–Crippen LogP) is 4.56. The molecular formula is C30H22FN3O3S. The number of rotatable bonds is 5. The summed E-state index contributed by atoms with van der Waals surface area (Å²) >= 11 is 1.25. The lowest BCUT2D eigenvalue weighted by molar-refractivity contribution is -0.138. The first-order valence-electron chi connectivity index (χ1n) is 12.1. The van der Waals surface area contributed by atoms with E-state index in [4.69, 9.17) is 9.73 Å². The molecule has 38 heavy (non-hydrogen) atoms. The van der Waals surface area contributed by atoms with Crippen molar-refractivity contribution in [3.05, 3.63) is 133 Å². The normalized spacial score (nSPS) is 15.4. The largest absolute Gasteiger partial charge is 0.463 e. The van der Waals surface area contributed by atoms with Gasteiger partial charge in [0.05, 0.1) is 28.5 Å². The van der Waals surface area contributed by atoms with Crippen LogP contribution in [0, 0.1) is 5.82 Å². The van der Waals surface area contributed by atoms with E-state index in [2.05, 4.69) is 4.98 Å². The SMILES string of the molecule is CCOC(=O)C1=C(c2ccccc2)N=c2s/c(=C\c3c[nH]c4ccccc34)c(=O)n2[C@@H]1c1ccc(F)cc1. The third kappa shape index (κ3) is 4.09. The highest BCUT2D eigenvalue weighted by Crippen LogP contribution is 2.35. The highest BCUT2D eigenvalue weighted by Gasteiger charge is 2.35. The molecule has 6 nitrogen and oxygen atoms in total. The van der Waals surface area contributed by atoms with E-state index in [1.807, 2.05) is 66.9 Å². The number of thiazole rings is 1. The molecule has 2 aromatic heterocycles. The Morgan fingerprint density at radius 2 is 1.82 bits per heavy atom. The Labute approximate surface area is 220 Å². The van der Waals surface area contributed by atoms with Crippen LogP contribution in [0.4, 0.5) is 4.39 Å². The first-order chi connectivity index (χ1) is 18.5. The lowest BCUT2D eigenvalue weighted by Crippen LogP contribution is -2.40. The summed E-state index contributed by atoms with van der Waals surface area (Å²) in [5.41, 5.74) is 3.51. The molecule has 1 N–H and O–H groups in total. The fourth-order valence-electron chi connectivity index (χ4n) is 4.76. The second-order valence-corrected chi connectivity index (χ2v) is 9.78. The predicted molar refractivity (Wildman–Crippen MR) is 146 cm³/mol. The molecule has 1 atom stereocenters. The highest BCUT2D eigenvalue weighted by atomic mass is 32.1. The number of nitrogens with one attached hydrogen (secondary N) is 1. The number of fused-ring (bicyclic) bond motifs is 2. The van der Waals surface area contributed by atoms with Crippen LogP contribution in [-0.4, -0.2) is 22.1 Å².